The molecule has 0 saturated heterocycles. The number of hydrogen-bond acceptors (Lipinski definition) is 3. The van der Waals surface area contributed by atoms with Crippen molar-refractivity contribution in [2.24, 2.45) is 5.92 Å². The monoisotopic (exact) mass is 258 g/mol. The molecule has 2 aromatic rings. The normalized spacial score (nSPS) is 12.3. The fourth-order valence-electron chi connectivity index (χ4n) is 1.65. The molecule has 3 nitrogen and oxygen atoms in total. The van der Waals surface area contributed by atoms with Gasteiger partial charge in [0.25, 0.3) is 5.91 Å². The van der Waals surface area contributed by atoms with E-state index in [0.29, 0.717) is 4.88 Å². The first kappa shape index (κ1) is 12.6. The molecule has 0 fully saturated rings. The molecule has 0 bridgehead atoms. The Balaban J connectivity index is 2.21. The van der Waals surface area contributed by atoms with Crippen LogP contribution in [-0.4, -0.2) is 11.9 Å². The van der Waals surface area contributed by atoms with Gasteiger partial charge in [0.1, 0.15) is 6.04 Å². The van der Waals surface area contributed by atoms with Crippen LogP contribution in [0.25, 0.3) is 10.1 Å². The molecule has 0 aliphatic rings. The van der Waals surface area contributed by atoms with E-state index in [1.807, 2.05) is 44.2 Å². The number of carbonyl (C=O) groups is 1. The van der Waals surface area contributed by atoms with Gasteiger partial charge in [-0.1, -0.05) is 32.0 Å². The second-order valence-corrected chi connectivity index (χ2v) is 5.56. The molecule has 1 amide bonds. The van der Waals surface area contributed by atoms with Gasteiger partial charge in [-0.05, 0) is 23.4 Å². The first-order valence-corrected chi connectivity index (χ1v) is 6.62. The smallest absolute Gasteiger partial charge is 0.262 e. The molecule has 18 heavy (non-hydrogen) atoms. The zero-order chi connectivity index (χ0) is 13.1. The number of nitriles is 1. The summed E-state index contributed by atoms with van der Waals surface area (Å²) in [5.74, 6) is -0.0650. The molecule has 1 aromatic heterocycles. The van der Waals surface area contributed by atoms with Crippen LogP contribution in [0.4, 0.5) is 0 Å². The van der Waals surface area contributed by atoms with Crippen LogP contribution in [0.5, 0.6) is 0 Å². The number of fused-ring (bicyclic) bond motifs is 1. The van der Waals surface area contributed by atoms with Crippen LogP contribution >= 0.6 is 11.3 Å². The van der Waals surface area contributed by atoms with Crippen LogP contribution < -0.4 is 5.32 Å². The van der Waals surface area contributed by atoms with Crippen molar-refractivity contribution in [2.45, 2.75) is 19.9 Å². The summed E-state index contributed by atoms with van der Waals surface area (Å²) < 4.78 is 1.08. The van der Waals surface area contributed by atoms with Gasteiger partial charge < -0.3 is 5.32 Å². The summed E-state index contributed by atoms with van der Waals surface area (Å²) in [6, 6.07) is 11.4. The third-order valence-electron chi connectivity index (χ3n) is 2.74. The van der Waals surface area contributed by atoms with Crippen molar-refractivity contribution < 1.29 is 4.79 Å². The van der Waals surface area contributed by atoms with Crippen molar-refractivity contribution in [3.63, 3.8) is 0 Å². The van der Waals surface area contributed by atoms with Gasteiger partial charge in [-0.2, -0.15) is 5.26 Å². The number of nitrogens with one attached hydrogen (secondary N) is 1. The van der Waals surface area contributed by atoms with Crippen LogP contribution in [0.15, 0.2) is 30.3 Å². The molecule has 92 valence electrons. The fourth-order valence-corrected chi connectivity index (χ4v) is 2.62. The lowest BCUT2D eigenvalue weighted by Gasteiger charge is -2.13. The predicted molar refractivity (Wildman–Crippen MR) is 73.5 cm³/mol. The Kier molecular flexibility index (Phi) is 3.63. The molecular weight excluding hydrogens is 244 g/mol. The Morgan fingerprint density at radius 1 is 1.39 bits per heavy atom. The summed E-state index contributed by atoms with van der Waals surface area (Å²) in [6.45, 7) is 3.83. The number of rotatable bonds is 3. The molecule has 0 spiro atoms. The number of hydrogen-bond donors (Lipinski definition) is 1. The maximum absolute atomic E-state index is 12.0. The first-order valence-electron chi connectivity index (χ1n) is 5.81. The quantitative estimate of drug-likeness (QED) is 0.919. The van der Waals surface area contributed by atoms with E-state index in [4.69, 9.17) is 5.26 Å². The van der Waals surface area contributed by atoms with Gasteiger partial charge in [-0.3, -0.25) is 4.79 Å². The van der Waals surface area contributed by atoms with Gasteiger partial charge in [-0.15, -0.1) is 11.3 Å². The third kappa shape index (κ3) is 2.52. The largest absolute Gasteiger partial charge is 0.335 e. The maximum atomic E-state index is 12.0. The number of carbonyl (C=O) groups excluding carboxylic acids is 1. The minimum atomic E-state index is -0.442. The van der Waals surface area contributed by atoms with Crippen LogP contribution in [0.2, 0.25) is 0 Å². The van der Waals surface area contributed by atoms with Crippen LogP contribution in [-0.2, 0) is 0 Å². The van der Waals surface area contributed by atoms with Crippen molar-refractivity contribution in [3.8, 4) is 6.07 Å². The second-order valence-electron chi connectivity index (χ2n) is 4.47. The van der Waals surface area contributed by atoms with E-state index in [-0.39, 0.29) is 11.8 Å². The second kappa shape index (κ2) is 5.19. The zero-order valence-electron chi connectivity index (χ0n) is 10.3. The molecule has 1 atom stereocenters. The molecule has 1 heterocycles. The van der Waals surface area contributed by atoms with Crippen molar-refractivity contribution in [1.29, 1.82) is 5.26 Å². The average Bonchev–Trinajstić information content (AvgIpc) is 2.79. The van der Waals surface area contributed by atoms with Crippen molar-refractivity contribution in [2.75, 3.05) is 0 Å². The van der Waals surface area contributed by atoms with E-state index in [1.165, 1.54) is 11.3 Å². The van der Waals surface area contributed by atoms with Crippen molar-refractivity contribution in [1.82, 2.24) is 5.32 Å². The van der Waals surface area contributed by atoms with Gasteiger partial charge in [0.05, 0.1) is 10.9 Å². The Hall–Kier alpha value is -1.86. The molecule has 0 radical (unpaired) electrons. The predicted octanol–water partition coefficient (Wildman–Crippen LogP) is 3.18. The Morgan fingerprint density at radius 2 is 2.11 bits per heavy atom. The standard InChI is InChI=1S/C14H14N2OS/c1-9(2)11(8-15)16-14(17)13-7-10-5-3-4-6-12(10)18-13/h3-7,9,11H,1-2H3,(H,16,17). The summed E-state index contributed by atoms with van der Waals surface area (Å²) in [4.78, 5) is 12.7. The topological polar surface area (TPSA) is 52.9 Å². The molecule has 2 rings (SSSR count). The lowest BCUT2D eigenvalue weighted by molar-refractivity contribution is 0.0942. The molecule has 0 saturated carbocycles. The highest BCUT2D eigenvalue weighted by Crippen LogP contribution is 2.25. The summed E-state index contributed by atoms with van der Waals surface area (Å²) in [6.07, 6.45) is 0. The van der Waals surface area contributed by atoms with Gasteiger partial charge in [-0.25, -0.2) is 0 Å². The lowest BCUT2D eigenvalue weighted by atomic mass is 10.1. The highest BCUT2D eigenvalue weighted by Gasteiger charge is 2.17. The average molecular weight is 258 g/mol. The van der Waals surface area contributed by atoms with Crippen LogP contribution in [0.3, 0.4) is 0 Å². The highest BCUT2D eigenvalue weighted by molar-refractivity contribution is 7.20. The minimum absolute atomic E-state index is 0.105. The van der Waals surface area contributed by atoms with Gasteiger partial charge in [0.15, 0.2) is 0 Å². The zero-order valence-corrected chi connectivity index (χ0v) is 11.1. The maximum Gasteiger partial charge on any atom is 0.262 e. The summed E-state index contributed by atoms with van der Waals surface area (Å²) in [5, 5.41) is 12.8. The number of nitrogens with zero attached hydrogens (tertiary/aromatic N) is 1. The van der Waals surface area contributed by atoms with Crippen molar-refractivity contribution >= 4 is 27.3 Å². The van der Waals surface area contributed by atoms with Crippen LogP contribution in [0.1, 0.15) is 23.5 Å². The molecule has 1 aromatic carbocycles. The Bertz CT molecular complexity index is 577. The van der Waals surface area contributed by atoms with E-state index < -0.39 is 6.04 Å². The summed E-state index contributed by atoms with van der Waals surface area (Å²) >= 11 is 1.45. The van der Waals surface area contributed by atoms with E-state index >= 15 is 0 Å². The van der Waals surface area contributed by atoms with E-state index in [2.05, 4.69) is 11.4 Å². The molecule has 1 unspecified atom stereocenters. The van der Waals surface area contributed by atoms with E-state index in [0.717, 1.165) is 10.1 Å². The summed E-state index contributed by atoms with van der Waals surface area (Å²) in [7, 11) is 0. The van der Waals surface area contributed by atoms with E-state index in [1.54, 1.807) is 0 Å². The molecular formula is C14H14N2OS. The number of amides is 1. The Labute approximate surface area is 110 Å². The fraction of sp³-hybridized carbons (Fsp3) is 0.286. The molecule has 0 aliphatic heterocycles. The summed E-state index contributed by atoms with van der Waals surface area (Å²) in [5.41, 5.74) is 0. The van der Waals surface area contributed by atoms with Gasteiger partial charge >= 0.3 is 0 Å². The highest BCUT2D eigenvalue weighted by atomic mass is 32.1. The SMILES string of the molecule is CC(C)C(C#N)NC(=O)c1cc2ccccc2s1. The van der Waals surface area contributed by atoms with Crippen LogP contribution in [0, 0.1) is 17.2 Å². The lowest BCUT2D eigenvalue weighted by Crippen LogP contribution is -2.36. The van der Waals surface area contributed by atoms with Crippen molar-refractivity contribution in [3.05, 3.63) is 35.2 Å². The minimum Gasteiger partial charge on any atom is -0.335 e. The number of benzene rings is 1. The van der Waals surface area contributed by atoms with Gasteiger partial charge in [0.2, 0.25) is 0 Å². The van der Waals surface area contributed by atoms with E-state index in [9.17, 15) is 4.79 Å². The Morgan fingerprint density at radius 3 is 2.72 bits per heavy atom. The number of thiophene rings is 1. The van der Waals surface area contributed by atoms with Gasteiger partial charge in [0, 0.05) is 4.70 Å². The first-order chi connectivity index (χ1) is 8.61. The third-order valence-corrected chi connectivity index (χ3v) is 3.86. The molecule has 0 aliphatic carbocycles. The molecule has 4 heteroatoms. The molecule has 1 N–H and O–H groups in total.